The van der Waals surface area contributed by atoms with Crippen LogP contribution >= 0.6 is 0 Å². The van der Waals surface area contributed by atoms with Gasteiger partial charge in [-0.25, -0.2) is 4.79 Å². The van der Waals surface area contributed by atoms with Gasteiger partial charge in [-0.1, -0.05) is 30.3 Å². The van der Waals surface area contributed by atoms with Gasteiger partial charge in [0.25, 0.3) is 0 Å². The molecule has 1 aliphatic rings. The standard InChI is InChI=1S/C23H28N2O4/c1-13-19(14(2)24(4)20(13)23(28)29-6)21(26)15(3)25(5)22(27)18-12-17(18)16-10-8-7-9-11-16/h7-11,15,17-18H,12H2,1-6H3/t15-,17+,18-/m1/s1. The molecule has 0 aliphatic heterocycles. The summed E-state index contributed by atoms with van der Waals surface area (Å²) in [6.45, 7) is 5.28. The second-order valence-electron chi connectivity index (χ2n) is 7.83. The van der Waals surface area contributed by atoms with Crippen LogP contribution in [0.15, 0.2) is 30.3 Å². The Morgan fingerprint density at radius 1 is 1.17 bits per heavy atom. The molecule has 6 heteroatoms. The van der Waals surface area contributed by atoms with Crippen molar-refractivity contribution in [2.45, 2.75) is 39.2 Å². The lowest BCUT2D eigenvalue weighted by atomic mass is 9.99. The zero-order valence-corrected chi connectivity index (χ0v) is 17.9. The number of carbonyl (C=O) groups is 3. The van der Waals surface area contributed by atoms with E-state index >= 15 is 0 Å². The van der Waals surface area contributed by atoms with Crippen molar-refractivity contribution >= 4 is 17.7 Å². The SMILES string of the molecule is COC(=O)c1c(C)c(C(=O)[C@@H](C)N(C)C(=O)[C@@H]2C[C@H]2c2ccccc2)c(C)n1C. The first-order valence-electron chi connectivity index (χ1n) is 9.80. The van der Waals surface area contributed by atoms with Crippen molar-refractivity contribution in [3.8, 4) is 0 Å². The van der Waals surface area contributed by atoms with Gasteiger partial charge in [0.15, 0.2) is 5.78 Å². The first-order chi connectivity index (χ1) is 13.7. The van der Waals surface area contributed by atoms with Gasteiger partial charge in [-0.15, -0.1) is 0 Å². The Hall–Kier alpha value is -2.89. The summed E-state index contributed by atoms with van der Waals surface area (Å²) in [6, 6.07) is 9.37. The minimum Gasteiger partial charge on any atom is -0.464 e. The lowest BCUT2D eigenvalue weighted by molar-refractivity contribution is -0.132. The van der Waals surface area contributed by atoms with Gasteiger partial charge >= 0.3 is 5.97 Å². The fraction of sp³-hybridized carbons (Fsp3) is 0.435. The molecule has 0 radical (unpaired) electrons. The molecule has 0 N–H and O–H groups in total. The van der Waals surface area contributed by atoms with Gasteiger partial charge in [0.1, 0.15) is 5.69 Å². The molecule has 3 atom stereocenters. The van der Waals surface area contributed by atoms with Crippen molar-refractivity contribution in [1.29, 1.82) is 0 Å². The van der Waals surface area contributed by atoms with Crippen molar-refractivity contribution in [2.75, 3.05) is 14.2 Å². The number of carbonyl (C=O) groups excluding carboxylic acids is 3. The summed E-state index contributed by atoms with van der Waals surface area (Å²) in [5.74, 6) is -0.522. The highest BCUT2D eigenvalue weighted by Crippen LogP contribution is 2.48. The number of aromatic nitrogens is 1. The molecule has 1 aromatic heterocycles. The molecule has 29 heavy (non-hydrogen) atoms. The molecular weight excluding hydrogens is 368 g/mol. The van der Waals surface area contributed by atoms with E-state index in [1.54, 1.807) is 44.3 Å². The molecule has 1 aromatic carbocycles. The normalized spacial score (nSPS) is 18.8. The molecule has 0 spiro atoms. The summed E-state index contributed by atoms with van der Waals surface area (Å²) in [7, 11) is 4.74. The first-order valence-corrected chi connectivity index (χ1v) is 9.80. The highest BCUT2D eigenvalue weighted by Gasteiger charge is 2.46. The van der Waals surface area contributed by atoms with E-state index in [1.165, 1.54) is 7.11 Å². The van der Waals surface area contributed by atoms with Crippen LogP contribution in [0.5, 0.6) is 0 Å². The first kappa shape index (κ1) is 20.8. The molecule has 0 unspecified atom stereocenters. The van der Waals surface area contributed by atoms with Crippen molar-refractivity contribution in [3.05, 3.63) is 58.4 Å². The number of Topliss-reactive ketones (excluding diaryl/α,β-unsaturated/α-hetero) is 1. The van der Waals surface area contributed by atoms with Gasteiger partial charge in [-0.3, -0.25) is 9.59 Å². The van der Waals surface area contributed by atoms with Gasteiger partial charge in [0.2, 0.25) is 5.91 Å². The number of benzene rings is 1. The lowest BCUT2D eigenvalue weighted by Gasteiger charge is -2.24. The smallest absolute Gasteiger partial charge is 0.354 e. The van der Waals surface area contributed by atoms with E-state index in [1.807, 2.05) is 30.3 Å². The average molecular weight is 396 g/mol. The number of methoxy groups -OCH3 is 1. The monoisotopic (exact) mass is 396 g/mol. The Morgan fingerprint density at radius 2 is 1.79 bits per heavy atom. The summed E-state index contributed by atoms with van der Waals surface area (Å²) in [6.07, 6.45) is 0.810. The molecule has 6 nitrogen and oxygen atoms in total. The maximum atomic E-state index is 13.2. The van der Waals surface area contributed by atoms with Crippen molar-refractivity contribution in [1.82, 2.24) is 9.47 Å². The van der Waals surface area contributed by atoms with Gasteiger partial charge in [-0.2, -0.15) is 0 Å². The van der Waals surface area contributed by atoms with E-state index in [-0.39, 0.29) is 23.5 Å². The molecule has 2 aromatic rings. The van der Waals surface area contributed by atoms with Gasteiger partial charge < -0.3 is 14.2 Å². The Labute approximate surface area is 171 Å². The highest BCUT2D eigenvalue weighted by molar-refractivity contribution is 6.06. The lowest BCUT2D eigenvalue weighted by Crippen LogP contribution is -2.41. The molecule has 1 aliphatic carbocycles. The molecule has 1 amide bonds. The van der Waals surface area contributed by atoms with Gasteiger partial charge in [-0.05, 0) is 44.2 Å². The number of hydrogen-bond acceptors (Lipinski definition) is 4. The number of ketones is 1. The van der Waals surface area contributed by atoms with E-state index in [4.69, 9.17) is 4.74 Å². The Morgan fingerprint density at radius 3 is 2.38 bits per heavy atom. The Kier molecular flexibility index (Phi) is 5.64. The van der Waals surface area contributed by atoms with Gasteiger partial charge in [0.05, 0.1) is 13.2 Å². The second kappa shape index (κ2) is 7.85. The summed E-state index contributed by atoms with van der Waals surface area (Å²) in [5, 5.41) is 0. The summed E-state index contributed by atoms with van der Waals surface area (Å²) < 4.78 is 6.53. The number of esters is 1. The van der Waals surface area contributed by atoms with Crippen LogP contribution < -0.4 is 0 Å². The molecule has 0 saturated heterocycles. The van der Waals surface area contributed by atoms with Crippen LogP contribution in [0.3, 0.4) is 0 Å². The van der Waals surface area contributed by atoms with Crippen LogP contribution in [0.4, 0.5) is 0 Å². The molecular formula is C23H28N2O4. The van der Waals surface area contributed by atoms with Crippen molar-refractivity contribution < 1.29 is 19.1 Å². The van der Waals surface area contributed by atoms with E-state index in [9.17, 15) is 14.4 Å². The number of likely N-dealkylation sites (N-methyl/N-ethyl adjacent to an activating group) is 1. The van der Waals surface area contributed by atoms with Crippen LogP contribution in [-0.4, -0.2) is 47.3 Å². The van der Waals surface area contributed by atoms with Crippen molar-refractivity contribution in [3.63, 3.8) is 0 Å². The Bertz CT molecular complexity index is 961. The zero-order valence-electron chi connectivity index (χ0n) is 17.9. The largest absolute Gasteiger partial charge is 0.464 e. The second-order valence-corrected chi connectivity index (χ2v) is 7.83. The van der Waals surface area contributed by atoms with Crippen LogP contribution in [-0.2, 0) is 16.6 Å². The van der Waals surface area contributed by atoms with Crippen LogP contribution in [0.1, 0.15) is 56.9 Å². The van der Waals surface area contributed by atoms with E-state index in [0.717, 1.165) is 12.0 Å². The molecule has 1 fully saturated rings. The molecule has 154 valence electrons. The van der Waals surface area contributed by atoms with Gasteiger partial charge in [0, 0.05) is 31.3 Å². The summed E-state index contributed by atoms with van der Waals surface area (Å²) in [5.41, 5.74) is 3.28. The number of ether oxygens (including phenoxy) is 1. The fourth-order valence-corrected chi connectivity index (χ4v) is 4.10. The maximum absolute atomic E-state index is 13.2. The third-order valence-corrected chi connectivity index (χ3v) is 6.20. The highest BCUT2D eigenvalue weighted by atomic mass is 16.5. The fourth-order valence-electron chi connectivity index (χ4n) is 4.10. The summed E-state index contributed by atoms with van der Waals surface area (Å²) >= 11 is 0. The Balaban J connectivity index is 1.79. The predicted octanol–water partition coefficient (Wildman–Crippen LogP) is 3.26. The number of amides is 1. The molecule has 1 heterocycles. The van der Waals surface area contributed by atoms with Crippen LogP contribution in [0.25, 0.3) is 0 Å². The third kappa shape index (κ3) is 3.59. The molecule has 1 saturated carbocycles. The zero-order chi connectivity index (χ0) is 21.5. The van der Waals surface area contributed by atoms with E-state index in [2.05, 4.69) is 0 Å². The van der Waals surface area contributed by atoms with E-state index in [0.29, 0.717) is 22.5 Å². The maximum Gasteiger partial charge on any atom is 0.354 e. The molecule has 3 rings (SSSR count). The number of rotatable bonds is 6. The third-order valence-electron chi connectivity index (χ3n) is 6.20. The molecule has 0 bridgehead atoms. The number of nitrogens with zero attached hydrogens (tertiary/aromatic N) is 2. The van der Waals surface area contributed by atoms with E-state index < -0.39 is 12.0 Å². The average Bonchev–Trinajstić information content (AvgIpc) is 3.49. The van der Waals surface area contributed by atoms with Crippen molar-refractivity contribution in [2.24, 2.45) is 13.0 Å². The minimum absolute atomic E-state index is 0.0147. The number of hydrogen-bond donors (Lipinski definition) is 0. The minimum atomic E-state index is -0.621. The van der Waals surface area contributed by atoms with Crippen LogP contribution in [0.2, 0.25) is 0 Å². The predicted molar refractivity (Wildman–Crippen MR) is 110 cm³/mol. The topological polar surface area (TPSA) is 68.6 Å². The quantitative estimate of drug-likeness (QED) is 0.555. The summed E-state index contributed by atoms with van der Waals surface area (Å²) in [4.78, 5) is 39.8. The van der Waals surface area contributed by atoms with Crippen LogP contribution in [0, 0.1) is 19.8 Å².